The normalized spacial score (nSPS) is 17.6. The molecule has 0 radical (unpaired) electrons. The predicted molar refractivity (Wildman–Crippen MR) is 79.1 cm³/mol. The van der Waals surface area contributed by atoms with E-state index in [-0.39, 0.29) is 6.29 Å². The highest BCUT2D eigenvalue weighted by atomic mass is 16.7. The van der Waals surface area contributed by atoms with Gasteiger partial charge in [-0.15, -0.1) is 0 Å². The summed E-state index contributed by atoms with van der Waals surface area (Å²) in [6, 6.07) is 7.97. The van der Waals surface area contributed by atoms with Crippen LogP contribution in [0.25, 0.3) is 6.08 Å². The average molecular weight is 260 g/mol. The standard InChI is InChI=1S/C17H24O2/c1-4-14-9-11-16(12-10-14)19-17(13(2)3)18-15-7-5-6-8-15/h4,9-13,15,17H,1,5-8H2,2-3H3. The zero-order valence-corrected chi connectivity index (χ0v) is 12.0. The summed E-state index contributed by atoms with van der Waals surface area (Å²) in [5.74, 6) is 1.21. The molecular formula is C17H24O2. The van der Waals surface area contributed by atoms with Gasteiger partial charge in [0.2, 0.25) is 6.29 Å². The van der Waals surface area contributed by atoms with E-state index in [1.165, 1.54) is 25.7 Å². The molecule has 0 spiro atoms. The van der Waals surface area contributed by atoms with Gasteiger partial charge in [-0.25, -0.2) is 0 Å². The second kappa shape index (κ2) is 6.76. The van der Waals surface area contributed by atoms with Crippen LogP contribution in [0.3, 0.4) is 0 Å². The molecule has 0 heterocycles. The lowest BCUT2D eigenvalue weighted by Gasteiger charge is -2.26. The second-order valence-corrected chi connectivity index (χ2v) is 5.55. The molecule has 1 aliphatic rings. The lowest BCUT2D eigenvalue weighted by Crippen LogP contribution is -2.30. The Kier molecular flexibility index (Phi) is 5.03. The third kappa shape index (κ3) is 4.10. The van der Waals surface area contributed by atoms with Gasteiger partial charge in [0.1, 0.15) is 5.75 Å². The van der Waals surface area contributed by atoms with E-state index in [9.17, 15) is 0 Å². The van der Waals surface area contributed by atoms with Crippen molar-refractivity contribution in [3.8, 4) is 5.75 Å². The zero-order chi connectivity index (χ0) is 13.7. The summed E-state index contributed by atoms with van der Waals surface area (Å²) in [7, 11) is 0. The first-order valence-electron chi connectivity index (χ1n) is 7.23. The lowest BCUT2D eigenvalue weighted by atomic mass is 10.2. The van der Waals surface area contributed by atoms with Crippen molar-refractivity contribution in [1.82, 2.24) is 0 Å². The molecule has 1 unspecified atom stereocenters. The summed E-state index contributed by atoms with van der Waals surface area (Å²) in [5.41, 5.74) is 1.10. The van der Waals surface area contributed by atoms with Gasteiger partial charge < -0.3 is 9.47 Å². The number of ether oxygens (including phenoxy) is 2. The SMILES string of the molecule is C=Cc1ccc(OC(OC2CCCC2)C(C)C)cc1. The van der Waals surface area contributed by atoms with E-state index >= 15 is 0 Å². The molecule has 1 fully saturated rings. The summed E-state index contributed by atoms with van der Waals surface area (Å²) < 4.78 is 12.1. The molecule has 1 atom stereocenters. The summed E-state index contributed by atoms with van der Waals surface area (Å²) in [5, 5.41) is 0. The monoisotopic (exact) mass is 260 g/mol. The van der Waals surface area contributed by atoms with Crippen molar-refractivity contribution in [3.63, 3.8) is 0 Å². The van der Waals surface area contributed by atoms with Gasteiger partial charge in [-0.3, -0.25) is 0 Å². The van der Waals surface area contributed by atoms with Crippen LogP contribution in [0.2, 0.25) is 0 Å². The van der Waals surface area contributed by atoms with Crippen LogP contribution < -0.4 is 4.74 Å². The zero-order valence-electron chi connectivity index (χ0n) is 12.0. The maximum atomic E-state index is 6.09. The molecule has 2 nitrogen and oxygen atoms in total. The molecular weight excluding hydrogens is 236 g/mol. The van der Waals surface area contributed by atoms with Crippen LogP contribution in [0.15, 0.2) is 30.8 Å². The maximum absolute atomic E-state index is 6.09. The minimum atomic E-state index is -0.155. The highest BCUT2D eigenvalue weighted by molar-refractivity contribution is 5.48. The van der Waals surface area contributed by atoms with Crippen LogP contribution in [0, 0.1) is 5.92 Å². The molecule has 104 valence electrons. The van der Waals surface area contributed by atoms with Crippen molar-refractivity contribution < 1.29 is 9.47 Å². The van der Waals surface area contributed by atoms with E-state index in [0.717, 1.165) is 11.3 Å². The van der Waals surface area contributed by atoms with E-state index in [1.54, 1.807) is 0 Å². The molecule has 2 heteroatoms. The molecule has 0 aromatic heterocycles. The van der Waals surface area contributed by atoms with E-state index in [1.807, 2.05) is 30.3 Å². The van der Waals surface area contributed by atoms with Crippen molar-refractivity contribution in [2.24, 2.45) is 5.92 Å². The molecule has 2 rings (SSSR count). The maximum Gasteiger partial charge on any atom is 0.202 e. The Bertz CT molecular complexity index is 388. The van der Waals surface area contributed by atoms with Crippen molar-refractivity contribution in [1.29, 1.82) is 0 Å². The van der Waals surface area contributed by atoms with E-state index < -0.39 is 0 Å². The quantitative estimate of drug-likeness (QED) is 0.693. The van der Waals surface area contributed by atoms with Crippen molar-refractivity contribution in [2.75, 3.05) is 0 Å². The molecule has 1 saturated carbocycles. The number of hydrogen-bond acceptors (Lipinski definition) is 2. The van der Waals surface area contributed by atoms with E-state index in [0.29, 0.717) is 12.0 Å². The third-order valence-electron chi connectivity index (χ3n) is 3.54. The fraction of sp³-hybridized carbons (Fsp3) is 0.529. The minimum absolute atomic E-state index is 0.155. The Hall–Kier alpha value is -1.28. The number of hydrogen-bond donors (Lipinski definition) is 0. The third-order valence-corrected chi connectivity index (χ3v) is 3.54. The van der Waals surface area contributed by atoms with Gasteiger partial charge in [0.25, 0.3) is 0 Å². The first-order chi connectivity index (χ1) is 9.19. The van der Waals surface area contributed by atoms with E-state index in [2.05, 4.69) is 20.4 Å². The van der Waals surface area contributed by atoms with Gasteiger partial charge in [-0.1, -0.05) is 51.5 Å². The largest absolute Gasteiger partial charge is 0.465 e. The highest BCUT2D eigenvalue weighted by Crippen LogP contribution is 2.26. The topological polar surface area (TPSA) is 18.5 Å². The van der Waals surface area contributed by atoms with Gasteiger partial charge in [0.15, 0.2) is 0 Å². The first kappa shape index (κ1) is 14.1. The van der Waals surface area contributed by atoms with Crippen LogP contribution in [0.5, 0.6) is 5.75 Å². The Morgan fingerprint density at radius 3 is 2.32 bits per heavy atom. The van der Waals surface area contributed by atoms with Gasteiger partial charge >= 0.3 is 0 Å². The number of rotatable bonds is 6. The fourth-order valence-corrected chi connectivity index (χ4v) is 2.35. The summed E-state index contributed by atoms with van der Waals surface area (Å²) in [4.78, 5) is 0. The van der Waals surface area contributed by atoms with Gasteiger partial charge in [0, 0.05) is 5.92 Å². The van der Waals surface area contributed by atoms with Crippen LogP contribution in [0.4, 0.5) is 0 Å². The summed E-state index contributed by atoms with van der Waals surface area (Å²) in [6.07, 6.45) is 6.95. The van der Waals surface area contributed by atoms with Crippen LogP contribution in [-0.4, -0.2) is 12.4 Å². The van der Waals surface area contributed by atoms with Crippen molar-refractivity contribution in [3.05, 3.63) is 36.4 Å². The molecule has 0 aliphatic heterocycles. The first-order valence-corrected chi connectivity index (χ1v) is 7.23. The predicted octanol–water partition coefficient (Wildman–Crippen LogP) is 4.65. The molecule has 1 aromatic rings. The molecule has 1 aromatic carbocycles. The number of benzene rings is 1. The van der Waals surface area contributed by atoms with Gasteiger partial charge in [-0.2, -0.15) is 0 Å². The summed E-state index contributed by atoms with van der Waals surface area (Å²) >= 11 is 0. The van der Waals surface area contributed by atoms with Crippen LogP contribution >= 0.6 is 0 Å². The minimum Gasteiger partial charge on any atom is -0.465 e. The second-order valence-electron chi connectivity index (χ2n) is 5.55. The van der Waals surface area contributed by atoms with E-state index in [4.69, 9.17) is 9.47 Å². The van der Waals surface area contributed by atoms with Crippen molar-refractivity contribution >= 4 is 6.08 Å². The Labute approximate surface area is 116 Å². The molecule has 0 saturated heterocycles. The Morgan fingerprint density at radius 2 is 1.79 bits per heavy atom. The molecule has 19 heavy (non-hydrogen) atoms. The van der Waals surface area contributed by atoms with Crippen LogP contribution in [0.1, 0.15) is 45.1 Å². The van der Waals surface area contributed by atoms with Gasteiger partial charge in [-0.05, 0) is 30.5 Å². The molecule has 0 N–H and O–H groups in total. The lowest BCUT2D eigenvalue weighted by molar-refractivity contribution is -0.140. The molecule has 1 aliphatic carbocycles. The average Bonchev–Trinajstić information content (AvgIpc) is 2.91. The smallest absolute Gasteiger partial charge is 0.202 e. The fourth-order valence-electron chi connectivity index (χ4n) is 2.35. The summed E-state index contributed by atoms with van der Waals surface area (Å²) in [6.45, 7) is 8.03. The molecule has 0 amide bonds. The molecule has 0 bridgehead atoms. The highest BCUT2D eigenvalue weighted by Gasteiger charge is 2.23. The van der Waals surface area contributed by atoms with Gasteiger partial charge in [0.05, 0.1) is 6.10 Å². The Balaban J connectivity index is 1.96. The van der Waals surface area contributed by atoms with Crippen LogP contribution in [-0.2, 0) is 4.74 Å². The Morgan fingerprint density at radius 1 is 1.16 bits per heavy atom. The van der Waals surface area contributed by atoms with Crippen molar-refractivity contribution in [2.45, 2.75) is 51.9 Å².